The number of carbonyl (C=O) groups is 1. The first-order chi connectivity index (χ1) is 16.8. The second-order valence-electron chi connectivity index (χ2n) is 9.48. The van der Waals surface area contributed by atoms with Crippen LogP contribution >= 0.6 is 46.4 Å². The lowest BCUT2D eigenvalue weighted by atomic mass is 9.77. The molecule has 6 nitrogen and oxygen atoms in total. The van der Waals surface area contributed by atoms with Crippen LogP contribution in [0.5, 0.6) is 0 Å². The molecule has 1 heterocycles. The van der Waals surface area contributed by atoms with Gasteiger partial charge in [-0.25, -0.2) is 12.7 Å². The average Bonchev–Trinajstić information content (AvgIpc) is 3.07. The summed E-state index contributed by atoms with van der Waals surface area (Å²) in [6, 6.07) is 10.6. The summed E-state index contributed by atoms with van der Waals surface area (Å²) in [7, 11) is -1.47. The van der Waals surface area contributed by atoms with Crippen LogP contribution in [0, 0.1) is 0 Å². The molecule has 3 rings (SSSR count). The number of halogens is 4. The second-order valence-corrected chi connectivity index (χ2v) is 13.1. The summed E-state index contributed by atoms with van der Waals surface area (Å²) >= 11 is 24.7. The second kappa shape index (κ2) is 12.2. The van der Waals surface area contributed by atoms with Gasteiger partial charge in [-0.05, 0) is 68.2 Å². The fraction of sp³-hybridized carbons (Fsp3) is 0.480. The molecule has 36 heavy (non-hydrogen) atoms. The monoisotopic (exact) mass is 593 g/mol. The van der Waals surface area contributed by atoms with E-state index < -0.39 is 15.4 Å². The first kappa shape index (κ1) is 29.5. The fourth-order valence-electron chi connectivity index (χ4n) is 4.50. The van der Waals surface area contributed by atoms with E-state index in [4.69, 9.17) is 46.4 Å². The summed E-state index contributed by atoms with van der Waals surface area (Å²) in [6.07, 6.45) is 2.50. The lowest BCUT2D eigenvalue weighted by molar-refractivity contribution is -0.136. The van der Waals surface area contributed by atoms with Crippen LogP contribution < -0.4 is 0 Å². The maximum absolute atomic E-state index is 13.9. The summed E-state index contributed by atoms with van der Waals surface area (Å²) < 4.78 is 25.5. The molecule has 0 N–H and O–H groups in total. The molecular formula is C25H31Cl4N3O3S. The Morgan fingerprint density at radius 3 is 2.19 bits per heavy atom. The molecule has 1 atom stereocenters. The van der Waals surface area contributed by atoms with Crippen molar-refractivity contribution in [3.63, 3.8) is 0 Å². The summed E-state index contributed by atoms with van der Waals surface area (Å²) in [5, 5.41) is 1.71. The van der Waals surface area contributed by atoms with Crippen molar-refractivity contribution in [3.8, 4) is 0 Å². The first-order valence-electron chi connectivity index (χ1n) is 11.6. The Balaban J connectivity index is 1.82. The van der Waals surface area contributed by atoms with Crippen molar-refractivity contribution in [2.24, 2.45) is 0 Å². The van der Waals surface area contributed by atoms with E-state index in [1.54, 1.807) is 36.2 Å². The van der Waals surface area contributed by atoms with E-state index in [9.17, 15) is 13.2 Å². The lowest BCUT2D eigenvalue weighted by Crippen LogP contribution is -2.45. The van der Waals surface area contributed by atoms with Gasteiger partial charge in [0.15, 0.2) is 0 Å². The molecule has 0 bridgehead atoms. The highest BCUT2D eigenvalue weighted by molar-refractivity contribution is 7.88. The summed E-state index contributed by atoms with van der Waals surface area (Å²) in [6.45, 7) is 5.22. The molecule has 0 saturated carbocycles. The fourth-order valence-corrected chi connectivity index (χ4v) is 6.00. The predicted octanol–water partition coefficient (Wildman–Crippen LogP) is 5.57. The Bertz CT molecular complexity index is 1210. The van der Waals surface area contributed by atoms with Crippen molar-refractivity contribution >= 4 is 62.3 Å². The average molecular weight is 595 g/mol. The van der Waals surface area contributed by atoms with Crippen molar-refractivity contribution < 1.29 is 13.2 Å². The topological polar surface area (TPSA) is 60.9 Å². The van der Waals surface area contributed by atoms with Gasteiger partial charge in [-0.3, -0.25) is 4.79 Å². The molecule has 0 aromatic heterocycles. The largest absolute Gasteiger partial charge is 0.341 e. The number of carbonyl (C=O) groups excluding carboxylic acids is 1. The minimum atomic E-state index is -3.23. The number of benzene rings is 2. The summed E-state index contributed by atoms with van der Waals surface area (Å²) in [5.41, 5.74) is 0.753. The third-order valence-electron chi connectivity index (χ3n) is 6.72. The number of sulfonamides is 1. The van der Waals surface area contributed by atoms with Gasteiger partial charge in [0.1, 0.15) is 0 Å². The van der Waals surface area contributed by atoms with Crippen molar-refractivity contribution in [3.05, 3.63) is 67.6 Å². The molecule has 2 aromatic carbocycles. The number of likely N-dealkylation sites (N-methyl/N-ethyl adjacent to an activating group) is 1. The smallest absolute Gasteiger partial charge is 0.233 e. The molecule has 1 fully saturated rings. The molecule has 0 aliphatic carbocycles. The third-order valence-corrected chi connectivity index (χ3v) is 9.50. The Hall–Kier alpha value is -1.06. The van der Waals surface area contributed by atoms with E-state index in [0.29, 0.717) is 59.2 Å². The van der Waals surface area contributed by atoms with Crippen LogP contribution in [0.2, 0.25) is 20.1 Å². The number of hydrogen-bond acceptors (Lipinski definition) is 4. The van der Waals surface area contributed by atoms with Crippen molar-refractivity contribution in [2.45, 2.75) is 31.7 Å². The molecule has 11 heteroatoms. The van der Waals surface area contributed by atoms with E-state index >= 15 is 0 Å². The summed E-state index contributed by atoms with van der Waals surface area (Å²) in [5.74, 6) is -0.0699. The maximum Gasteiger partial charge on any atom is 0.233 e. The highest BCUT2D eigenvalue weighted by atomic mass is 35.5. The molecule has 1 saturated heterocycles. The Morgan fingerprint density at radius 1 is 0.944 bits per heavy atom. The number of rotatable bonds is 8. The van der Waals surface area contributed by atoms with Gasteiger partial charge in [0.2, 0.25) is 15.9 Å². The van der Waals surface area contributed by atoms with Gasteiger partial charge < -0.3 is 9.80 Å². The van der Waals surface area contributed by atoms with Gasteiger partial charge >= 0.3 is 0 Å². The number of amides is 1. The number of nitrogens with zero attached hydrogens (tertiary/aromatic N) is 3. The van der Waals surface area contributed by atoms with E-state index in [1.165, 1.54) is 10.6 Å². The van der Waals surface area contributed by atoms with Gasteiger partial charge in [-0.1, -0.05) is 58.5 Å². The molecular weight excluding hydrogens is 564 g/mol. The van der Waals surface area contributed by atoms with Crippen molar-refractivity contribution in [2.75, 3.05) is 46.0 Å². The van der Waals surface area contributed by atoms with Gasteiger partial charge in [0.25, 0.3) is 0 Å². The van der Waals surface area contributed by atoms with Crippen LogP contribution in [-0.4, -0.2) is 74.5 Å². The minimum Gasteiger partial charge on any atom is -0.341 e. The van der Waals surface area contributed by atoms with Crippen LogP contribution in [0.4, 0.5) is 0 Å². The molecule has 0 spiro atoms. The standard InChI is InChI=1S/C25H31Cl4N3O3S/c1-25(19-6-8-21(27)23(29)16-19,9-12-31-10-4-11-32(14-13-31)36(3,34)35)24(33)30(2)17-18-5-7-20(26)22(28)15-18/h5-8,15-16H,4,9-14,17H2,1-3H3. The van der Waals surface area contributed by atoms with E-state index in [-0.39, 0.29) is 5.91 Å². The van der Waals surface area contributed by atoms with E-state index in [1.807, 2.05) is 19.1 Å². The minimum absolute atomic E-state index is 0.0699. The number of hydrogen-bond donors (Lipinski definition) is 0. The van der Waals surface area contributed by atoms with Crippen molar-refractivity contribution in [1.29, 1.82) is 0 Å². The quantitative estimate of drug-likeness (QED) is 0.401. The van der Waals surface area contributed by atoms with Gasteiger partial charge in [0.05, 0.1) is 31.8 Å². The highest BCUT2D eigenvalue weighted by Gasteiger charge is 2.38. The molecule has 1 aliphatic heterocycles. The maximum atomic E-state index is 13.9. The zero-order valence-corrected chi connectivity index (χ0v) is 24.4. The van der Waals surface area contributed by atoms with Crippen LogP contribution in [-0.2, 0) is 26.8 Å². The Kier molecular flexibility index (Phi) is 10.00. The molecule has 1 aliphatic rings. The predicted molar refractivity (Wildman–Crippen MR) is 149 cm³/mol. The van der Waals surface area contributed by atoms with Gasteiger partial charge in [0, 0.05) is 33.2 Å². The normalized spacial score (nSPS) is 17.4. The van der Waals surface area contributed by atoms with Crippen LogP contribution in [0.3, 0.4) is 0 Å². The molecule has 198 valence electrons. The zero-order chi connectivity index (χ0) is 26.7. The third kappa shape index (κ3) is 7.28. The lowest BCUT2D eigenvalue weighted by Gasteiger charge is -2.35. The van der Waals surface area contributed by atoms with Crippen LogP contribution in [0.25, 0.3) is 0 Å². The highest BCUT2D eigenvalue weighted by Crippen LogP contribution is 2.35. The summed E-state index contributed by atoms with van der Waals surface area (Å²) in [4.78, 5) is 17.8. The van der Waals surface area contributed by atoms with E-state index in [2.05, 4.69) is 4.90 Å². The molecule has 1 amide bonds. The molecule has 0 radical (unpaired) electrons. The van der Waals surface area contributed by atoms with Crippen molar-refractivity contribution in [1.82, 2.24) is 14.1 Å². The van der Waals surface area contributed by atoms with Crippen LogP contribution in [0.15, 0.2) is 36.4 Å². The van der Waals surface area contributed by atoms with E-state index in [0.717, 1.165) is 24.1 Å². The zero-order valence-electron chi connectivity index (χ0n) is 20.6. The Morgan fingerprint density at radius 2 is 1.58 bits per heavy atom. The molecule has 2 aromatic rings. The van der Waals surface area contributed by atoms with Crippen LogP contribution in [0.1, 0.15) is 30.9 Å². The Labute approximate surface area is 234 Å². The SMILES string of the molecule is CN(Cc1ccc(Cl)c(Cl)c1)C(=O)C(C)(CCN1CCCN(S(C)(=O)=O)CC1)c1ccc(Cl)c(Cl)c1. The molecule has 1 unspecified atom stereocenters. The van der Waals surface area contributed by atoms with Gasteiger partial charge in [-0.15, -0.1) is 0 Å². The first-order valence-corrected chi connectivity index (χ1v) is 15.0. The van der Waals surface area contributed by atoms with Gasteiger partial charge in [-0.2, -0.15) is 0 Å².